The zero-order chi connectivity index (χ0) is 12.8. The predicted molar refractivity (Wildman–Crippen MR) is 59.6 cm³/mol. The molecule has 6 heteroatoms. The number of imide groups is 1. The highest BCUT2D eigenvalue weighted by atomic mass is 16.2. The average molecular weight is 239 g/mol. The van der Waals surface area contributed by atoms with Gasteiger partial charge in [0.05, 0.1) is 17.4 Å². The first-order valence-electron chi connectivity index (χ1n) is 5.75. The van der Waals surface area contributed by atoms with E-state index in [9.17, 15) is 14.4 Å². The van der Waals surface area contributed by atoms with Crippen LogP contribution in [0.3, 0.4) is 0 Å². The fourth-order valence-corrected chi connectivity index (χ4v) is 2.18. The van der Waals surface area contributed by atoms with E-state index in [1.165, 1.54) is 4.90 Å². The monoisotopic (exact) mass is 239 g/mol. The van der Waals surface area contributed by atoms with Crippen molar-refractivity contribution >= 4 is 17.7 Å². The molecule has 2 aliphatic rings. The summed E-state index contributed by atoms with van der Waals surface area (Å²) >= 11 is 0. The smallest absolute Gasteiger partial charge is 0.237 e. The van der Waals surface area contributed by atoms with E-state index >= 15 is 0 Å². The number of amides is 3. The van der Waals surface area contributed by atoms with Crippen molar-refractivity contribution in [3.05, 3.63) is 0 Å². The summed E-state index contributed by atoms with van der Waals surface area (Å²) in [5.74, 6) is -0.844. The molecular weight excluding hydrogens is 222 g/mol. The zero-order valence-corrected chi connectivity index (χ0v) is 10.0. The quantitative estimate of drug-likeness (QED) is 0.592. The molecule has 3 N–H and O–H groups in total. The number of carbonyl (C=O) groups is 3. The molecule has 94 valence electrons. The highest BCUT2D eigenvalue weighted by Crippen LogP contribution is 2.47. The molecule has 1 heterocycles. The minimum atomic E-state index is -0.882. The Morgan fingerprint density at radius 3 is 2.41 bits per heavy atom. The van der Waals surface area contributed by atoms with E-state index in [0.717, 1.165) is 0 Å². The molecule has 3 atom stereocenters. The van der Waals surface area contributed by atoms with E-state index in [4.69, 9.17) is 5.73 Å². The molecule has 0 spiro atoms. The highest BCUT2D eigenvalue weighted by molar-refractivity contribution is 6.08. The number of nitrogens with two attached hydrogens (primary N) is 1. The third-order valence-electron chi connectivity index (χ3n) is 3.89. The van der Waals surface area contributed by atoms with Crippen LogP contribution in [0.4, 0.5) is 0 Å². The van der Waals surface area contributed by atoms with Gasteiger partial charge in [-0.15, -0.1) is 0 Å². The fraction of sp³-hybridized carbons (Fsp3) is 0.727. The predicted octanol–water partition coefficient (Wildman–Crippen LogP) is -1.16. The number of nitrogens with zero attached hydrogens (tertiary/aromatic N) is 1. The molecule has 1 aliphatic heterocycles. The first kappa shape index (κ1) is 12.0. The highest BCUT2D eigenvalue weighted by Gasteiger charge is 2.58. The van der Waals surface area contributed by atoms with Crippen LogP contribution < -0.4 is 11.1 Å². The van der Waals surface area contributed by atoms with Gasteiger partial charge in [0.1, 0.15) is 0 Å². The van der Waals surface area contributed by atoms with Crippen LogP contribution in [-0.2, 0) is 14.4 Å². The zero-order valence-electron chi connectivity index (χ0n) is 10.0. The van der Waals surface area contributed by atoms with Crippen molar-refractivity contribution in [3.8, 4) is 0 Å². The third-order valence-corrected chi connectivity index (χ3v) is 3.89. The molecule has 1 aliphatic carbocycles. The van der Waals surface area contributed by atoms with Crippen molar-refractivity contribution in [2.24, 2.45) is 17.6 Å². The Balaban J connectivity index is 1.97. The molecule has 0 aromatic heterocycles. The van der Waals surface area contributed by atoms with Crippen LogP contribution in [0.2, 0.25) is 0 Å². The van der Waals surface area contributed by atoms with E-state index in [1.807, 2.05) is 0 Å². The normalized spacial score (nSPS) is 30.1. The van der Waals surface area contributed by atoms with Gasteiger partial charge in [-0.25, -0.2) is 0 Å². The summed E-state index contributed by atoms with van der Waals surface area (Å²) in [6.45, 7) is 1.92. The number of nitrogens with one attached hydrogen (secondary N) is 1. The van der Waals surface area contributed by atoms with Crippen molar-refractivity contribution in [2.45, 2.75) is 25.3 Å². The number of likely N-dealkylation sites (N-methyl/N-ethyl adjacent to an activating group) is 1. The minimum absolute atomic E-state index is 0.0862. The van der Waals surface area contributed by atoms with Crippen LogP contribution in [0.5, 0.6) is 0 Å². The molecule has 1 saturated heterocycles. The Bertz CT molecular complexity index is 375. The number of likely N-dealkylation sites (tertiary alicyclic amines) is 1. The number of hydrogen-bond acceptors (Lipinski definition) is 4. The maximum atomic E-state index is 11.7. The standard InChI is InChI=1S/C11H17N3O3/c1-11(13-2,10(12)17)3-4-14-8(15)6-5-7(6)9(14)16/h6-7,13H,3-5H2,1-2H3,(H2,12,17). The van der Waals surface area contributed by atoms with E-state index in [1.54, 1.807) is 14.0 Å². The Kier molecular flexibility index (Phi) is 2.69. The molecule has 0 bridgehead atoms. The summed E-state index contributed by atoms with van der Waals surface area (Å²) in [5, 5.41) is 2.83. The molecular formula is C11H17N3O3. The van der Waals surface area contributed by atoms with E-state index in [0.29, 0.717) is 12.8 Å². The Morgan fingerprint density at radius 2 is 2.00 bits per heavy atom. The van der Waals surface area contributed by atoms with Crippen LogP contribution in [0, 0.1) is 11.8 Å². The lowest BCUT2D eigenvalue weighted by Crippen LogP contribution is -2.53. The van der Waals surface area contributed by atoms with Gasteiger partial charge in [0.25, 0.3) is 0 Å². The first-order valence-corrected chi connectivity index (χ1v) is 5.75. The largest absolute Gasteiger partial charge is 0.368 e. The molecule has 17 heavy (non-hydrogen) atoms. The SMILES string of the molecule is CNC(C)(CCN1C(=O)C2CC2C1=O)C(N)=O. The van der Waals surface area contributed by atoms with Crippen molar-refractivity contribution in [1.29, 1.82) is 0 Å². The van der Waals surface area contributed by atoms with Gasteiger partial charge in [-0.1, -0.05) is 0 Å². The average Bonchev–Trinajstić information content (AvgIpc) is 3.03. The van der Waals surface area contributed by atoms with Gasteiger partial charge in [-0.3, -0.25) is 19.3 Å². The van der Waals surface area contributed by atoms with Gasteiger partial charge in [-0.05, 0) is 26.8 Å². The summed E-state index contributed by atoms with van der Waals surface area (Å²) in [5.41, 5.74) is 4.40. The van der Waals surface area contributed by atoms with E-state index < -0.39 is 11.4 Å². The first-order chi connectivity index (χ1) is 7.90. The van der Waals surface area contributed by atoms with Gasteiger partial charge in [0.15, 0.2) is 0 Å². The number of piperidine rings is 1. The van der Waals surface area contributed by atoms with Gasteiger partial charge < -0.3 is 11.1 Å². The summed E-state index contributed by atoms with van der Waals surface area (Å²) in [4.78, 5) is 35.9. The summed E-state index contributed by atoms with van der Waals surface area (Å²) in [6, 6.07) is 0. The molecule has 2 rings (SSSR count). The molecule has 0 radical (unpaired) electrons. The van der Waals surface area contributed by atoms with E-state index in [-0.39, 0.29) is 30.2 Å². The Morgan fingerprint density at radius 1 is 1.47 bits per heavy atom. The number of carbonyl (C=O) groups excluding carboxylic acids is 3. The Labute approximate surface area is 99.5 Å². The van der Waals surface area contributed by atoms with Gasteiger partial charge >= 0.3 is 0 Å². The lowest BCUT2D eigenvalue weighted by molar-refractivity contribution is -0.142. The van der Waals surface area contributed by atoms with Gasteiger partial charge in [-0.2, -0.15) is 0 Å². The van der Waals surface area contributed by atoms with Crippen molar-refractivity contribution in [2.75, 3.05) is 13.6 Å². The van der Waals surface area contributed by atoms with Crippen molar-refractivity contribution < 1.29 is 14.4 Å². The number of hydrogen-bond donors (Lipinski definition) is 2. The van der Waals surface area contributed by atoms with Crippen LogP contribution in [0.15, 0.2) is 0 Å². The molecule has 3 amide bonds. The maximum Gasteiger partial charge on any atom is 0.237 e. The summed E-state index contributed by atoms with van der Waals surface area (Å²) in [6.07, 6.45) is 1.04. The number of primary amides is 1. The molecule has 6 nitrogen and oxygen atoms in total. The maximum absolute atomic E-state index is 11.7. The number of rotatable bonds is 5. The third kappa shape index (κ3) is 1.82. The van der Waals surface area contributed by atoms with Crippen molar-refractivity contribution in [3.63, 3.8) is 0 Å². The fourth-order valence-electron chi connectivity index (χ4n) is 2.18. The second-order valence-corrected chi connectivity index (χ2v) is 4.97. The minimum Gasteiger partial charge on any atom is -0.368 e. The van der Waals surface area contributed by atoms with Gasteiger partial charge in [0.2, 0.25) is 17.7 Å². The molecule has 1 saturated carbocycles. The Hall–Kier alpha value is -1.43. The lowest BCUT2D eigenvalue weighted by Gasteiger charge is -2.27. The topological polar surface area (TPSA) is 92.5 Å². The molecule has 0 aromatic rings. The van der Waals surface area contributed by atoms with Crippen LogP contribution in [0.25, 0.3) is 0 Å². The van der Waals surface area contributed by atoms with Crippen molar-refractivity contribution in [1.82, 2.24) is 10.2 Å². The summed E-state index contributed by atoms with van der Waals surface area (Å²) < 4.78 is 0. The summed E-state index contributed by atoms with van der Waals surface area (Å²) in [7, 11) is 1.63. The second kappa shape index (κ2) is 3.80. The lowest BCUT2D eigenvalue weighted by atomic mass is 9.97. The van der Waals surface area contributed by atoms with Crippen LogP contribution in [0.1, 0.15) is 19.8 Å². The van der Waals surface area contributed by atoms with E-state index in [2.05, 4.69) is 5.32 Å². The molecule has 2 fully saturated rings. The molecule has 0 aromatic carbocycles. The van der Waals surface area contributed by atoms with Crippen LogP contribution in [-0.4, -0.2) is 41.8 Å². The van der Waals surface area contributed by atoms with Crippen LogP contribution >= 0.6 is 0 Å². The van der Waals surface area contributed by atoms with Gasteiger partial charge in [0, 0.05) is 6.54 Å². The second-order valence-electron chi connectivity index (χ2n) is 4.97. The number of fused-ring (bicyclic) bond motifs is 1. The molecule has 3 unspecified atom stereocenters.